The van der Waals surface area contributed by atoms with E-state index in [1.165, 1.54) is 0 Å². The van der Waals surface area contributed by atoms with Gasteiger partial charge in [-0.25, -0.2) is 0 Å². The lowest BCUT2D eigenvalue weighted by atomic mass is 9.69. The molecule has 0 bridgehead atoms. The third-order valence-electron chi connectivity index (χ3n) is 13.1. The first kappa shape index (κ1) is 42.2. The summed E-state index contributed by atoms with van der Waals surface area (Å²) in [5.41, 5.74) is -2.05. The zero-order valence-corrected chi connectivity index (χ0v) is 31.9. The molecule has 3 rings (SSSR count). The van der Waals surface area contributed by atoms with Crippen LogP contribution in [0.4, 0.5) is 0 Å². The van der Waals surface area contributed by atoms with E-state index in [0.29, 0.717) is 38.5 Å². The van der Waals surface area contributed by atoms with Crippen molar-refractivity contribution in [2.45, 2.75) is 181 Å². The zero-order valence-electron chi connectivity index (χ0n) is 31.9. The number of aliphatic hydroxyl groups excluding tert-OH is 3. The van der Waals surface area contributed by atoms with Crippen LogP contribution in [-0.4, -0.2) is 95.7 Å². The van der Waals surface area contributed by atoms with Crippen LogP contribution < -0.4 is 0 Å². The van der Waals surface area contributed by atoms with Crippen LogP contribution in [0.15, 0.2) is 0 Å². The second kappa shape index (κ2) is 15.8. The van der Waals surface area contributed by atoms with Crippen LogP contribution in [0.1, 0.15) is 128 Å². The third-order valence-corrected chi connectivity index (χ3v) is 13.1. The molecular formula is C38H68O11. The maximum Gasteiger partial charge on any atom is 0.311 e. The second-order valence-corrected chi connectivity index (χ2v) is 16.2. The highest BCUT2D eigenvalue weighted by Gasteiger charge is 2.67. The Kier molecular flexibility index (Phi) is 13.6. The first-order valence-corrected chi connectivity index (χ1v) is 19.0. The molecule has 0 saturated carbocycles. The maximum absolute atomic E-state index is 14.3. The predicted molar refractivity (Wildman–Crippen MR) is 184 cm³/mol. The van der Waals surface area contributed by atoms with Gasteiger partial charge in [-0.1, -0.05) is 75.7 Å². The average Bonchev–Trinajstić information content (AvgIpc) is 3.52. The largest absolute Gasteiger partial charge is 0.481 e. The van der Waals surface area contributed by atoms with E-state index in [2.05, 4.69) is 0 Å². The van der Waals surface area contributed by atoms with Crippen molar-refractivity contribution >= 4 is 11.8 Å². The summed E-state index contributed by atoms with van der Waals surface area (Å²) in [5.74, 6) is -10.7. The number of hydrogen-bond donors (Lipinski definition) is 6. The van der Waals surface area contributed by atoms with Gasteiger partial charge in [-0.3, -0.25) is 9.59 Å². The summed E-state index contributed by atoms with van der Waals surface area (Å²) in [4.78, 5) is 26.4. The first-order chi connectivity index (χ1) is 22.7. The molecule has 0 aromatic heterocycles. The lowest BCUT2D eigenvalue weighted by Gasteiger charge is -2.52. The van der Waals surface area contributed by atoms with Crippen molar-refractivity contribution in [3.05, 3.63) is 0 Å². The fraction of sp³-hybridized carbons (Fsp3) is 0.947. The van der Waals surface area contributed by atoms with Crippen LogP contribution >= 0.6 is 0 Å². The molecule has 0 radical (unpaired) electrons. The van der Waals surface area contributed by atoms with Crippen molar-refractivity contribution in [2.24, 2.45) is 47.3 Å². The van der Waals surface area contributed by atoms with Gasteiger partial charge in [0.05, 0.1) is 36.1 Å². The molecule has 0 amide bonds. The number of Topliss-reactive ketones (excluding diaryl/α,β-unsaturated/α-hetero) is 1. The van der Waals surface area contributed by atoms with E-state index >= 15 is 0 Å². The topological polar surface area (TPSA) is 183 Å². The maximum atomic E-state index is 14.3. The van der Waals surface area contributed by atoms with Crippen molar-refractivity contribution in [1.29, 1.82) is 0 Å². The number of ketones is 1. The Balaban J connectivity index is 1.85. The van der Waals surface area contributed by atoms with Crippen LogP contribution in [-0.2, 0) is 23.8 Å². The molecule has 3 aliphatic heterocycles. The van der Waals surface area contributed by atoms with Crippen LogP contribution in [0.25, 0.3) is 0 Å². The molecular weight excluding hydrogens is 632 g/mol. The monoisotopic (exact) mass is 700 g/mol. The fourth-order valence-electron chi connectivity index (χ4n) is 9.82. The summed E-state index contributed by atoms with van der Waals surface area (Å²) in [6.07, 6.45) is -0.779. The Morgan fingerprint density at radius 2 is 1.53 bits per heavy atom. The smallest absolute Gasteiger partial charge is 0.311 e. The zero-order chi connectivity index (χ0) is 37.4. The molecule has 3 saturated heterocycles. The van der Waals surface area contributed by atoms with Gasteiger partial charge in [0.1, 0.15) is 17.3 Å². The minimum Gasteiger partial charge on any atom is -0.481 e. The highest BCUT2D eigenvalue weighted by Crippen LogP contribution is 2.56. The summed E-state index contributed by atoms with van der Waals surface area (Å²) in [5, 5.41) is 67.8. The number of aliphatic hydroxyl groups is 5. The van der Waals surface area contributed by atoms with Gasteiger partial charge in [0, 0.05) is 35.5 Å². The molecule has 49 heavy (non-hydrogen) atoms. The molecule has 17 atom stereocenters. The number of carboxylic acids is 1. The summed E-state index contributed by atoms with van der Waals surface area (Å²) in [6, 6.07) is 0. The first-order valence-electron chi connectivity index (χ1n) is 19.0. The Morgan fingerprint density at radius 3 is 2.02 bits per heavy atom. The minimum atomic E-state index is -2.16. The molecule has 0 aromatic rings. The summed E-state index contributed by atoms with van der Waals surface area (Å²) < 4.78 is 19.4. The van der Waals surface area contributed by atoms with Gasteiger partial charge in [-0.05, 0) is 57.8 Å². The minimum absolute atomic E-state index is 0.0760. The van der Waals surface area contributed by atoms with Gasteiger partial charge in [0.2, 0.25) is 0 Å². The molecule has 3 fully saturated rings. The van der Waals surface area contributed by atoms with E-state index in [0.717, 1.165) is 6.42 Å². The van der Waals surface area contributed by atoms with Crippen LogP contribution in [0.5, 0.6) is 0 Å². The molecule has 286 valence electrons. The highest BCUT2D eigenvalue weighted by molar-refractivity contribution is 5.84. The van der Waals surface area contributed by atoms with Gasteiger partial charge in [-0.2, -0.15) is 0 Å². The highest BCUT2D eigenvalue weighted by atomic mass is 16.7. The Labute approximate surface area is 294 Å². The van der Waals surface area contributed by atoms with E-state index in [4.69, 9.17) is 14.2 Å². The van der Waals surface area contributed by atoms with Crippen molar-refractivity contribution in [3.63, 3.8) is 0 Å². The molecule has 3 aliphatic rings. The molecule has 0 aromatic carbocycles. The van der Waals surface area contributed by atoms with Crippen molar-refractivity contribution in [1.82, 2.24) is 0 Å². The molecule has 6 N–H and O–H groups in total. The summed E-state index contributed by atoms with van der Waals surface area (Å²) in [6.45, 7) is 20.0. The number of ether oxygens (including phenoxy) is 3. The van der Waals surface area contributed by atoms with Gasteiger partial charge >= 0.3 is 5.97 Å². The lowest BCUT2D eigenvalue weighted by Crippen LogP contribution is -2.64. The number of hydrogen-bond acceptors (Lipinski definition) is 10. The molecule has 3 heterocycles. The van der Waals surface area contributed by atoms with Crippen molar-refractivity contribution < 1.29 is 54.4 Å². The molecule has 11 heteroatoms. The van der Waals surface area contributed by atoms with Gasteiger partial charge in [-0.15, -0.1) is 0 Å². The number of carbonyl (C=O) groups excluding carboxylic acids is 1. The fourth-order valence-corrected chi connectivity index (χ4v) is 9.82. The van der Waals surface area contributed by atoms with Crippen molar-refractivity contribution in [3.8, 4) is 0 Å². The van der Waals surface area contributed by atoms with E-state index in [9.17, 15) is 40.2 Å². The van der Waals surface area contributed by atoms with Crippen molar-refractivity contribution in [2.75, 3.05) is 0 Å². The lowest BCUT2D eigenvalue weighted by molar-refractivity contribution is -0.348. The quantitative estimate of drug-likeness (QED) is 0.132. The molecule has 11 nitrogen and oxygen atoms in total. The number of carboxylic acid groups (broad SMARTS) is 1. The predicted octanol–water partition coefficient (Wildman–Crippen LogP) is 4.67. The average molecular weight is 701 g/mol. The third kappa shape index (κ3) is 7.26. The van der Waals surface area contributed by atoms with Crippen LogP contribution in [0.3, 0.4) is 0 Å². The van der Waals surface area contributed by atoms with E-state index < -0.39 is 94.8 Å². The van der Waals surface area contributed by atoms with E-state index in [1.807, 2.05) is 48.5 Å². The standard InChI is InChI=1S/C38H68O11/c1-12-17-28(39)36(16-5)19-21(7)38(46,49-36)35(11)18-20(6)32(47-35)25(13-2)30(41)22(8)29(40)23(9)33-26(14-3)31(42)24(10)37(45,48-33)27(15-4)34(43)44/h20-29,31-33,39-40,42,45-46H,12-19H2,1-11H3,(H,43,44)/t20-,21-,22+,23-,24+,25+,26-,27+,28-,29-,31+,32+,33-,35-,36-,37-,38+/m0/s1. The molecule has 0 spiro atoms. The molecule has 0 unspecified atom stereocenters. The van der Waals surface area contributed by atoms with E-state index in [1.54, 1.807) is 27.7 Å². The van der Waals surface area contributed by atoms with Crippen LogP contribution in [0, 0.1) is 47.3 Å². The van der Waals surface area contributed by atoms with Gasteiger partial charge in [0.15, 0.2) is 11.6 Å². The van der Waals surface area contributed by atoms with Crippen LogP contribution in [0.2, 0.25) is 0 Å². The van der Waals surface area contributed by atoms with Gasteiger partial charge < -0.3 is 44.8 Å². The summed E-state index contributed by atoms with van der Waals surface area (Å²) >= 11 is 0. The number of carbonyl (C=O) groups is 2. The number of rotatable bonds is 16. The van der Waals surface area contributed by atoms with E-state index in [-0.39, 0.29) is 24.0 Å². The second-order valence-electron chi connectivity index (χ2n) is 16.2. The van der Waals surface area contributed by atoms with Gasteiger partial charge in [0.25, 0.3) is 0 Å². The normalized spacial score (nSPS) is 43.5. The summed E-state index contributed by atoms with van der Waals surface area (Å²) in [7, 11) is 0. The SMILES string of the molecule is CCC[C@H](O)[C@]1(CC)C[C@H](C)[C@](O)([C@]2(C)C[C@H](C)[C@H]([C@H](CC)C(=O)[C@H](C)[C@H](O)[C@H](C)[C@@H]3O[C@](O)([C@H](CC)C(=O)O)[C@H](C)[C@@H](O)[C@@H]3CC)O2)O1. The Morgan fingerprint density at radius 1 is 0.918 bits per heavy atom. The Bertz CT molecular complexity index is 1130. The number of aliphatic carboxylic acids is 1. The Hall–Kier alpha value is -1.18. The molecule has 0 aliphatic carbocycles.